The van der Waals surface area contributed by atoms with Crippen molar-refractivity contribution in [1.82, 2.24) is 0 Å². The molecule has 1 heterocycles. The van der Waals surface area contributed by atoms with Crippen molar-refractivity contribution in [3.63, 3.8) is 0 Å². The molecule has 0 aromatic rings. The number of hydrogen-bond donors (Lipinski definition) is 1. The molecule has 1 atom stereocenters. The molecule has 0 aromatic heterocycles. The van der Waals surface area contributed by atoms with Crippen LogP contribution in [0.1, 0.15) is 6.42 Å². The van der Waals surface area contributed by atoms with Crippen LogP contribution in [0.5, 0.6) is 0 Å². The fourth-order valence-electron chi connectivity index (χ4n) is 0.530. The van der Waals surface area contributed by atoms with Crippen molar-refractivity contribution in [2.45, 2.75) is 11.0 Å². The van der Waals surface area contributed by atoms with Crippen molar-refractivity contribution in [3.05, 3.63) is 0 Å². The van der Waals surface area contributed by atoms with Gasteiger partial charge in [-0.1, -0.05) is 0 Å². The van der Waals surface area contributed by atoms with Gasteiger partial charge in [0.15, 0.2) is 0 Å². The fraction of sp³-hybridized carbons (Fsp3) is 1.00. The van der Waals surface area contributed by atoms with Gasteiger partial charge in [0, 0.05) is 5.75 Å². The maximum absolute atomic E-state index is 8.40. The van der Waals surface area contributed by atoms with Gasteiger partial charge in [0.05, 0.1) is 11.2 Å². The molecule has 0 amide bonds. The van der Waals surface area contributed by atoms with Crippen LogP contribution in [0.15, 0.2) is 0 Å². The van der Waals surface area contributed by atoms with Crippen molar-refractivity contribution in [1.29, 1.82) is 0 Å². The first-order valence-electron chi connectivity index (χ1n) is 2.77. The monoisotopic (exact) mass is 150 g/mol. The largest absolute Gasteiger partial charge is 0.396 e. The summed E-state index contributed by atoms with van der Waals surface area (Å²) in [6.45, 7) is 0.335. The minimum atomic E-state index is 0.335. The van der Waals surface area contributed by atoms with E-state index in [0.29, 0.717) is 6.61 Å². The molecule has 0 aliphatic carbocycles. The van der Waals surface area contributed by atoms with Crippen LogP contribution < -0.4 is 0 Å². The van der Waals surface area contributed by atoms with Gasteiger partial charge in [-0.25, -0.2) is 0 Å². The van der Waals surface area contributed by atoms with Crippen LogP contribution in [-0.4, -0.2) is 27.8 Å². The van der Waals surface area contributed by atoms with Crippen LogP contribution >= 0.6 is 23.5 Å². The van der Waals surface area contributed by atoms with Gasteiger partial charge in [0.1, 0.15) is 0 Å². The maximum Gasteiger partial charge on any atom is 0.0522 e. The van der Waals surface area contributed by atoms with Crippen molar-refractivity contribution >= 4 is 23.5 Å². The van der Waals surface area contributed by atoms with E-state index in [1.54, 1.807) is 0 Å². The predicted molar refractivity (Wildman–Crippen MR) is 40.4 cm³/mol. The third kappa shape index (κ3) is 1.88. The van der Waals surface area contributed by atoms with Crippen LogP contribution in [0.3, 0.4) is 0 Å². The Balaban J connectivity index is 1.86. The van der Waals surface area contributed by atoms with E-state index in [1.165, 1.54) is 12.2 Å². The Morgan fingerprint density at radius 2 is 2.50 bits per heavy atom. The second kappa shape index (κ2) is 3.64. The van der Waals surface area contributed by atoms with E-state index in [1.807, 2.05) is 23.5 Å². The average Bonchev–Trinajstić information content (AvgIpc) is 1.63. The summed E-state index contributed by atoms with van der Waals surface area (Å²) in [5.41, 5.74) is 0. The Morgan fingerprint density at radius 1 is 1.75 bits per heavy atom. The third-order valence-corrected chi connectivity index (χ3v) is 3.97. The van der Waals surface area contributed by atoms with E-state index in [9.17, 15) is 0 Å². The Bertz CT molecular complexity index is 63.4. The summed E-state index contributed by atoms with van der Waals surface area (Å²) < 4.78 is 0.808. The van der Waals surface area contributed by atoms with E-state index in [4.69, 9.17) is 5.11 Å². The first kappa shape index (κ1) is 6.78. The molecule has 0 saturated carbocycles. The zero-order valence-electron chi connectivity index (χ0n) is 4.67. The molecule has 1 N–H and O–H groups in total. The quantitative estimate of drug-likeness (QED) is 0.652. The lowest BCUT2D eigenvalue weighted by molar-refractivity contribution is 0.322. The number of hydrogen-bond acceptors (Lipinski definition) is 3. The van der Waals surface area contributed by atoms with E-state index in [0.717, 1.165) is 10.3 Å². The molecule has 1 nitrogen and oxygen atoms in total. The van der Waals surface area contributed by atoms with Gasteiger partial charge < -0.3 is 5.11 Å². The Kier molecular flexibility index (Phi) is 3.08. The third-order valence-electron chi connectivity index (χ3n) is 1.05. The summed E-state index contributed by atoms with van der Waals surface area (Å²) in [4.78, 5) is 0. The SMILES string of the molecule is OCCSC1CCS1. The highest BCUT2D eigenvalue weighted by molar-refractivity contribution is 8.18. The number of thioether (sulfide) groups is 2. The van der Waals surface area contributed by atoms with Crippen LogP contribution in [0.2, 0.25) is 0 Å². The lowest BCUT2D eigenvalue weighted by atomic mass is 10.5. The Morgan fingerprint density at radius 3 is 2.88 bits per heavy atom. The smallest absolute Gasteiger partial charge is 0.0522 e. The van der Waals surface area contributed by atoms with Gasteiger partial charge >= 0.3 is 0 Å². The van der Waals surface area contributed by atoms with E-state index < -0.39 is 0 Å². The topological polar surface area (TPSA) is 20.2 Å². The van der Waals surface area contributed by atoms with Crippen molar-refractivity contribution in [3.8, 4) is 0 Å². The molecule has 48 valence electrons. The molecule has 1 aliphatic rings. The summed E-state index contributed by atoms with van der Waals surface area (Å²) in [7, 11) is 0. The zero-order chi connectivity index (χ0) is 5.82. The van der Waals surface area contributed by atoms with Crippen molar-refractivity contribution < 1.29 is 5.11 Å². The molecule has 0 spiro atoms. The molecule has 0 aromatic carbocycles. The highest BCUT2D eigenvalue weighted by Gasteiger charge is 2.17. The standard InChI is InChI=1S/C5H10OS2/c6-2-4-8-5-1-3-7-5/h5-6H,1-4H2. The molecule has 1 aliphatic heterocycles. The number of aliphatic hydroxyl groups excluding tert-OH is 1. The fourth-order valence-corrected chi connectivity index (χ4v) is 2.74. The van der Waals surface area contributed by atoms with E-state index >= 15 is 0 Å². The minimum absolute atomic E-state index is 0.335. The first-order valence-corrected chi connectivity index (χ1v) is 4.87. The molecule has 1 saturated heterocycles. The van der Waals surface area contributed by atoms with Crippen LogP contribution in [0, 0.1) is 0 Å². The van der Waals surface area contributed by atoms with Crippen LogP contribution in [0.25, 0.3) is 0 Å². The van der Waals surface area contributed by atoms with Crippen molar-refractivity contribution in [2.75, 3.05) is 18.1 Å². The van der Waals surface area contributed by atoms with Crippen LogP contribution in [0.4, 0.5) is 0 Å². The van der Waals surface area contributed by atoms with Gasteiger partial charge in [0.25, 0.3) is 0 Å². The van der Waals surface area contributed by atoms with Gasteiger partial charge in [-0.3, -0.25) is 0 Å². The summed E-state index contributed by atoms with van der Waals surface area (Å²) in [6, 6.07) is 0. The zero-order valence-corrected chi connectivity index (χ0v) is 6.30. The predicted octanol–water partition coefficient (Wildman–Crippen LogP) is 1.17. The lowest BCUT2D eigenvalue weighted by Gasteiger charge is -2.23. The van der Waals surface area contributed by atoms with Gasteiger partial charge in [-0.05, 0) is 12.2 Å². The second-order valence-corrected chi connectivity index (χ2v) is 4.60. The second-order valence-electron chi connectivity index (χ2n) is 1.68. The number of aliphatic hydroxyl groups is 1. The van der Waals surface area contributed by atoms with Gasteiger partial charge in [-0.15, -0.1) is 23.5 Å². The Hall–Kier alpha value is 0.660. The molecular weight excluding hydrogens is 140 g/mol. The van der Waals surface area contributed by atoms with Crippen LogP contribution in [-0.2, 0) is 0 Å². The summed E-state index contributed by atoms with van der Waals surface area (Å²) in [6.07, 6.45) is 1.34. The minimum Gasteiger partial charge on any atom is -0.396 e. The Labute approximate surface area is 58.2 Å². The number of rotatable bonds is 3. The average molecular weight is 150 g/mol. The normalized spacial score (nSPS) is 27.4. The maximum atomic E-state index is 8.40. The summed E-state index contributed by atoms with van der Waals surface area (Å²) in [5.74, 6) is 2.24. The molecule has 8 heavy (non-hydrogen) atoms. The molecule has 1 rings (SSSR count). The first-order chi connectivity index (χ1) is 3.93. The molecule has 0 bridgehead atoms. The highest BCUT2D eigenvalue weighted by atomic mass is 32.2. The van der Waals surface area contributed by atoms with Gasteiger partial charge in [-0.2, -0.15) is 0 Å². The molecule has 1 unspecified atom stereocenters. The molecule has 1 fully saturated rings. The summed E-state index contributed by atoms with van der Waals surface area (Å²) in [5, 5.41) is 8.40. The van der Waals surface area contributed by atoms with Crippen molar-refractivity contribution in [2.24, 2.45) is 0 Å². The van der Waals surface area contributed by atoms with E-state index in [2.05, 4.69) is 0 Å². The highest BCUT2D eigenvalue weighted by Crippen LogP contribution is 2.36. The summed E-state index contributed by atoms with van der Waals surface area (Å²) >= 11 is 3.87. The lowest BCUT2D eigenvalue weighted by Crippen LogP contribution is -2.11. The molecule has 3 heteroatoms. The van der Waals surface area contributed by atoms with E-state index in [-0.39, 0.29) is 0 Å². The molecular formula is C5H10OS2. The van der Waals surface area contributed by atoms with Gasteiger partial charge in [0.2, 0.25) is 0 Å². The molecule has 0 radical (unpaired) electrons.